The van der Waals surface area contributed by atoms with Crippen molar-refractivity contribution in [3.63, 3.8) is 0 Å². The van der Waals surface area contributed by atoms with Crippen molar-refractivity contribution in [1.29, 1.82) is 0 Å². The van der Waals surface area contributed by atoms with E-state index in [1.165, 1.54) is 24.4 Å². The summed E-state index contributed by atoms with van der Waals surface area (Å²) in [6, 6.07) is 13.8. The summed E-state index contributed by atoms with van der Waals surface area (Å²) in [5, 5.41) is 9.57. The van der Waals surface area contributed by atoms with E-state index in [-0.39, 0.29) is 5.76 Å². The number of furan rings is 1. The maximum Gasteiger partial charge on any atom is 0.374 e. The predicted molar refractivity (Wildman–Crippen MR) is 118 cm³/mol. The van der Waals surface area contributed by atoms with E-state index in [9.17, 15) is 4.79 Å². The molecule has 31 heavy (non-hydrogen) atoms. The molecule has 7 nitrogen and oxygen atoms in total. The summed E-state index contributed by atoms with van der Waals surface area (Å²) in [5.41, 5.74) is 4.77. The van der Waals surface area contributed by atoms with Crippen LogP contribution in [0.25, 0.3) is 17.2 Å². The third-order valence-corrected chi connectivity index (χ3v) is 5.75. The van der Waals surface area contributed by atoms with Crippen LogP contribution in [0.4, 0.5) is 0 Å². The molecule has 4 aromatic rings. The lowest BCUT2D eigenvalue weighted by Crippen LogP contribution is -2.03. The number of ether oxygens (including phenoxy) is 1. The molecule has 4 rings (SSSR count). The highest BCUT2D eigenvalue weighted by Crippen LogP contribution is 2.31. The van der Waals surface area contributed by atoms with Gasteiger partial charge in [-0.3, -0.25) is 9.55 Å². The minimum atomic E-state index is -0.482. The Bertz CT molecular complexity index is 1230. The second kappa shape index (κ2) is 8.77. The number of benzene rings is 1. The molecule has 1 aromatic carbocycles. The van der Waals surface area contributed by atoms with Crippen LogP contribution in [0.2, 0.25) is 0 Å². The predicted octanol–water partition coefficient (Wildman–Crippen LogP) is 4.93. The maximum absolute atomic E-state index is 11.8. The van der Waals surface area contributed by atoms with Crippen LogP contribution in [-0.4, -0.2) is 32.8 Å². The molecule has 158 valence electrons. The van der Waals surface area contributed by atoms with Crippen molar-refractivity contribution >= 4 is 17.7 Å². The number of carbonyl (C=O) groups excluding carboxylic acids is 1. The van der Waals surface area contributed by atoms with Crippen molar-refractivity contribution in [3.8, 4) is 17.2 Å². The molecule has 0 aliphatic heterocycles. The quantitative estimate of drug-likeness (QED) is 0.314. The summed E-state index contributed by atoms with van der Waals surface area (Å²) in [6.45, 7) is 5.95. The molecule has 0 fully saturated rings. The molecule has 0 aliphatic rings. The van der Waals surface area contributed by atoms with Gasteiger partial charge in [0.1, 0.15) is 11.5 Å². The topological polar surface area (TPSA) is 83.0 Å². The zero-order valence-electron chi connectivity index (χ0n) is 17.7. The third-order valence-electron chi connectivity index (χ3n) is 4.80. The van der Waals surface area contributed by atoms with Crippen LogP contribution >= 0.6 is 11.8 Å². The van der Waals surface area contributed by atoms with Crippen LogP contribution in [0, 0.1) is 20.8 Å². The number of methoxy groups -OCH3 is 1. The largest absolute Gasteiger partial charge is 0.463 e. The van der Waals surface area contributed by atoms with E-state index >= 15 is 0 Å². The summed E-state index contributed by atoms with van der Waals surface area (Å²) >= 11 is 1.48. The number of rotatable bonds is 6. The number of hydrogen-bond donors (Lipinski definition) is 0. The van der Waals surface area contributed by atoms with E-state index in [0.29, 0.717) is 22.5 Å². The van der Waals surface area contributed by atoms with E-state index in [4.69, 9.17) is 9.15 Å². The Kier molecular flexibility index (Phi) is 5.90. The van der Waals surface area contributed by atoms with E-state index in [1.807, 2.05) is 35.8 Å². The van der Waals surface area contributed by atoms with Crippen LogP contribution in [0.15, 0.2) is 58.2 Å². The standard InChI is InChI=1S/C23H22N4O3S/c1-14-8-9-19(15(2)11-14)27-21(18-7-5-6-10-24-18)25-26-23(27)31-13-17-12-16(3)20(30-17)22(28)29-4/h5-12H,13H2,1-4H3. The number of carbonyl (C=O) groups is 1. The molecule has 0 saturated carbocycles. The van der Waals surface area contributed by atoms with E-state index in [0.717, 1.165) is 22.5 Å². The third kappa shape index (κ3) is 4.25. The van der Waals surface area contributed by atoms with Crippen LogP contribution in [0.1, 0.15) is 33.0 Å². The van der Waals surface area contributed by atoms with Gasteiger partial charge in [-0.05, 0) is 50.6 Å². The molecule has 0 spiro atoms. The van der Waals surface area contributed by atoms with E-state index < -0.39 is 5.97 Å². The Hall–Kier alpha value is -3.39. The second-order valence-electron chi connectivity index (χ2n) is 7.15. The molecular formula is C23H22N4O3S. The van der Waals surface area contributed by atoms with Crippen molar-refractivity contribution < 1.29 is 13.9 Å². The molecule has 3 heterocycles. The Balaban J connectivity index is 1.71. The number of nitrogens with zero attached hydrogens (tertiary/aromatic N) is 4. The summed E-state index contributed by atoms with van der Waals surface area (Å²) in [4.78, 5) is 16.3. The van der Waals surface area contributed by atoms with E-state index in [2.05, 4.69) is 47.2 Å². The Morgan fingerprint density at radius 3 is 2.65 bits per heavy atom. The van der Waals surface area contributed by atoms with Crippen molar-refractivity contribution in [3.05, 3.63) is 76.9 Å². The van der Waals surface area contributed by atoms with Gasteiger partial charge in [-0.25, -0.2) is 4.79 Å². The first kappa shape index (κ1) is 20.9. The Morgan fingerprint density at radius 1 is 1.10 bits per heavy atom. The minimum Gasteiger partial charge on any atom is -0.463 e. The van der Waals surface area contributed by atoms with Gasteiger partial charge >= 0.3 is 5.97 Å². The minimum absolute atomic E-state index is 0.225. The lowest BCUT2D eigenvalue weighted by atomic mass is 10.1. The van der Waals surface area contributed by atoms with Gasteiger partial charge in [0.2, 0.25) is 5.76 Å². The first-order valence-electron chi connectivity index (χ1n) is 9.72. The van der Waals surface area contributed by atoms with Gasteiger partial charge in [-0.1, -0.05) is 35.5 Å². The molecule has 0 N–H and O–H groups in total. The van der Waals surface area contributed by atoms with Crippen LogP contribution in [-0.2, 0) is 10.5 Å². The smallest absolute Gasteiger partial charge is 0.374 e. The number of thioether (sulfide) groups is 1. The molecule has 8 heteroatoms. The summed E-state index contributed by atoms with van der Waals surface area (Å²) in [5.74, 6) is 1.56. The first-order valence-corrected chi connectivity index (χ1v) is 10.7. The lowest BCUT2D eigenvalue weighted by Gasteiger charge is -2.13. The van der Waals surface area contributed by atoms with Crippen molar-refractivity contribution in [2.75, 3.05) is 7.11 Å². The molecule has 0 saturated heterocycles. The average Bonchev–Trinajstić information content (AvgIpc) is 3.35. The van der Waals surface area contributed by atoms with Gasteiger partial charge in [-0.15, -0.1) is 10.2 Å². The van der Waals surface area contributed by atoms with Crippen LogP contribution in [0.5, 0.6) is 0 Å². The number of aryl methyl sites for hydroxylation is 3. The highest BCUT2D eigenvalue weighted by molar-refractivity contribution is 7.98. The Labute approximate surface area is 184 Å². The highest BCUT2D eigenvalue weighted by Gasteiger charge is 2.20. The van der Waals surface area contributed by atoms with Gasteiger partial charge in [0.05, 0.1) is 18.6 Å². The van der Waals surface area contributed by atoms with Crippen molar-refractivity contribution in [2.24, 2.45) is 0 Å². The molecular weight excluding hydrogens is 412 g/mol. The monoisotopic (exact) mass is 434 g/mol. The van der Waals surface area contributed by atoms with Crippen LogP contribution in [0.3, 0.4) is 0 Å². The van der Waals surface area contributed by atoms with Gasteiger partial charge in [-0.2, -0.15) is 0 Å². The fourth-order valence-electron chi connectivity index (χ4n) is 3.35. The highest BCUT2D eigenvalue weighted by atomic mass is 32.2. The normalized spacial score (nSPS) is 11.0. The molecule has 0 atom stereocenters. The van der Waals surface area contributed by atoms with E-state index in [1.54, 1.807) is 6.20 Å². The zero-order chi connectivity index (χ0) is 22.0. The van der Waals surface area contributed by atoms with Crippen LogP contribution < -0.4 is 0 Å². The van der Waals surface area contributed by atoms with Gasteiger partial charge < -0.3 is 9.15 Å². The number of aromatic nitrogens is 4. The molecule has 0 bridgehead atoms. The van der Waals surface area contributed by atoms with Crippen molar-refractivity contribution in [2.45, 2.75) is 31.7 Å². The average molecular weight is 435 g/mol. The second-order valence-corrected chi connectivity index (χ2v) is 8.09. The number of hydrogen-bond acceptors (Lipinski definition) is 7. The molecule has 0 unspecified atom stereocenters. The molecule has 3 aromatic heterocycles. The zero-order valence-corrected chi connectivity index (χ0v) is 18.6. The number of esters is 1. The van der Waals surface area contributed by atoms with Crippen molar-refractivity contribution in [1.82, 2.24) is 19.7 Å². The van der Waals surface area contributed by atoms with Gasteiger partial charge in [0, 0.05) is 11.8 Å². The SMILES string of the molecule is COC(=O)c1oc(CSc2nnc(-c3ccccn3)n2-c2ccc(C)cc2C)cc1C. The van der Waals surface area contributed by atoms with Gasteiger partial charge in [0.15, 0.2) is 11.0 Å². The first-order chi connectivity index (χ1) is 15.0. The van der Waals surface area contributed by atoms with Gasteiger partial charge in [0.25, 0.3) is 0 Å². The summed E-state index contributed by atoms with van der Waals surface area (Å²) < 4.78 is 12.5. The molecule has 0 amide bonds. The summed E-state index contributed by atoms with van der Waals surface area (Å²) in [6.07, 6.45) is 1.74. The molecule has 0 aliphatic carbocycles. The fraction of sp³-hybridized carbons (Fsp3) is 0.217. The summed E-state index contributed by atoms with van der Waals surface area (Å²) in [7, 11) is 1.34. The lowest BCUT2D eigenvalue weighted by molar-refractivity contribution is 0.0562. The number of pyridine rings is 1. The Morgan fingerprint density at radius 2 is 1.94 bits per heavy atom. The maximum atomic E-state index is 11.8. The fourth-order valence-corrected chi connectivity index (χ4v) is 4.17. The molecule has 0 radical (unpaired) electrons.